The molecule has 22 heavy (non-hydrogen) atoms. The summed E-state index contributed by atoms with van der Waals surface area (Å²) in [5.74, 6) is -0.224. The first kappa shape index (κ1) is 16.0. The average molecular weight is 318 g/mol. The van der Waals surface area contributed by atoms with Gasteiger partial charge in [0.2, 0.25) is 0 Å². The van der Waals surface area contributed by atoms with Gasteiger partial charge >= 0.3 is 0 Å². The number of benzene rings is 2. The number of para-hydroxylation sites is 1. The summed E-state index contributed by atoms with van der Waals surface area (Å²) < 4.78 is 27.2. The Morgan fingerprint density at radius 3 is 2.27 bits per heavy atom. The molecule has 0 aliphatic heterocycles. The zero-order valence-corrected chi connectivity index (χ0v) is 13.3. The largest absolute Gasteiger partial charge is 0.352 e. The molecule has 0 saturated heterocycles. The lowest BCUT2D eigenvalue weighted by molar-refractivity contribution is 0.0955. The molecule has 0 heterocycles. The summed E-state index contributed by atoms with van der Waals surface area (Å²) in [6.45, 7) is 4.17. The fourth-order valence-electron chi connectivity index (χ4n) is 1.94. The summed E-state index contributed by atoms with van der Waals surface area (Å²) in [6.07, 6.45) is 0. The van der Waals surface area contributed by atoms with Crippen LogP contribution >= 0.6 is 0 Å². The molecule has 0 aliphatic carbocycles. The molecule has 2 N–H and O–H groups in total. The molecular formula is C16H18N2O3S. The van der Waals surface area contributed by atoms with Gasteiger partial charge < -0.3 is 5.32 Å². The molecule has 0 radical (unpaired) electrons. The number of nitrogens with one attached hydrogen (secondary N) is 2. The van der Waals surface area contributed by atoms with Gasteiger partial charge in [-0.3, -0.25) is 9.52 Å². The molecule has 1 amide bonds. The Morgan fingerprint density at radius 1 is 1.05 bits per heavy atom. The van der Waals surface area contributed by atoms with Crippen molar-refractivity contribution in [3.05, 3.63) is 59.7 Å². The molecule has 0 atom stereocenters. The van der Waals surface area contributed by atoms with E-state index >= 15 is 0 Å². The van der Waals surface area contributed by atoms with E-state index in [1.807, 2.05) is 26.0 Å². The zero-order chi connectivity index (χ0) is 16.2. The van der Waals surface area contributed by atoms with Gasteiger partial charge in [0.05, 0.1) is 10.6 Å². The van der Waals surface area contributed by atoms with Crippen LogP contribution in [0.25, 0.3) is 0 Å². The van der Waals surface area contributed by atoms with Gasteiger partial charge in [0.1, 0.15) is 0 Å². The Bertz CT molecular complexity index is 768. The summed E-state index contributed by atoms with van der Waals surface area (Å²) in [4.78, 5) is 11.8. The van der Waals surface area contributed by atoms with Crippen molar-refractivity contribution in [2.75, 3.05) is 11.3 Å². The molecule has 2 rings (SSSR count). The second-order valence-electron chi connectivity index (χ2n) is 4.80. The number of carbonyl (C=O) groups is 1. The van der Waals surface area contributed by atoms with Gasteiger partial charge in [-0.15, -0.1) is 0 Å². The molecule has 0 unspecified atom stereocenters. The summed E-state index contributed by atoms with van der Waals surface area (Å²) >= 11 is 0. The van der Waals surface area contributed by atoms with Crippen molar-refractivity contribution >= 4 is 21.6 Å². The number of carbonyl (C=O) groups excluding carboxylic acids is 1. The fourth-order valence-corrected chi connectivity index (χ4v) is 3.07. The van der Waals surface area contributed by atoms with E-state index in [9.17, 15) is 13.2 Å². The lowest BCUT2D eigenvalue weighted by Crippen LogP contribution is -2.22. The van der Waals surface area contributed by atoms with Crippen LogP contribution in [0.2, 0.25) is 0 Å². The van der Waals surface area contributed by atoms with Crippen molar-refractivity contribution in [3.63, 3.8) is 0 Å². The minimum absolute atomic E-state index is 0.115. The van der Waals surface area contributed by atoms with Crippen molar-refractivity contribution < 1.29 is 13.2 Å². The van der Waals surface area contributed by atoms with Gasteiger partial charge in [0.25, 0.3) is 15.9 Å². The van der Waals surface area contributed by atoms with Gasteiger partial charge in [-0.2, -0.15) is 0 Å². The molecule has 2 aromatic carbocycles. The van der Waals surface area contributed by atoms with Gasteiger partial charge in [0.15, 0.2) is 0 Å². The number of hydrogen-bond acceptors (Lipinski definition) is 3. The minimum atomic E-state index is -3.67. The molecule has 2 aromatic rings. The van der Waals surface area contributed by atoms with Crippen LogP contribution in [0, 0.1) is 6.92 Å². The van der Waals surface area contributed by atoms with E-state index in [-0.39, 0.29) is 10.8 Å². The van der Waals surface area contributed by atoms with Gasteiger partial charge in [-0.25, -0.2) is 8.42 Å². The zero-order valence-electron chi connectivity index (χ0n) is 12.5. The first-order valence-corrected chi connectivity index (χ1v) is 8.39. The monoisotopic (exact) mass is 318 g/mol. The third-order valence-corrected chi connectivity index (χ3v) is 4.53. The van der Waals surface area contributed by atoms with Crippen LogP contribution in [0.4, 0.5) is 5.69 Å². The third-order valence-electron chi connectivity index (χ3n) is 3.15. The minimum Gasteiger partial charge on any atom is -0.352 e. The predicted octanol–water partition coefficient (Wildman–Crippen LogP) is 2.55. The molecule has 0 fully saturated rings. The van der Waals surface area contributed by atoms with E-state index in [0.29, 0.717) is 17.8 Å². The van der Waals surface area contributed by atoms with Crippen molar-refractivity contribution in [2.24, 2.45) is 0 Å². The van der Waals surface area contributed by atoms with E-state index in [1.165, 1.54) is 24.3 Å². The molecule has 6 heteroatoms. The smallest absolute Gasteiger partial charge is 0.261 e. The van der Waals surface area contributed by atoms with Crippen LogP contribution in [0.1, 0.15) is 22.8 Å². The van der Waals surface area contributed by atoms with Crippen LogP contribution in [-0.2, 0) is 10.0 Å². The van der Waals surface area contributed by atoms with Gasteiger partial charge in [0, 0.05) is 12.1 Å². The van der Waals surface area contributed by atoms with Gasteiger partial charge in [-0.05, 0) is 49.7 Å². The fraction of sp³-hybridized carbons (Fsp3) is 0.188. The highest BCUT2D eigenvalue weighted by atomic mass is 32.2. The van der Waals surface area contributed by atoms with E-state index in [2.05, 4.69) is 10.0 Å². The molecule has 0 saturated carbocycles. The number of sulfonamides is 1. The summed E-state index contributed by atoms with van der Waals surface area (Å²) in [6, 6.07) is 13.0. The highest BCUT2D eigenvalue weighted by molar-refractivity contribution is 7.92. The first-order chi connectivity index (χ1) is 10.4. The van der Waals surface area contributed by atoms with Crippen LogP contribution in [0.5, 0.6) is 0 Å². The number of aryl methyl sites for hydroxylation is 1. The third kappa shape index (κ3) is 3.65. The molecule has 0 aromatic heterocycles. The maximum atomic E-state index is 12.3. The number of rotatable bonds is 5. The SMILES string of the molecule is CCNC(=O)c1ccc(S(=O)(=O)Nc2ccccc2C)cc1. The number of hydrogen-bond donors (Lipinski definition) is 2. The standard InChI is InChI=1S/C16H18N2O3S/c1-3-17-16(19)13-8-10-14(11-9-13)22(20,21)18-15-7-5-4-6-12(15)2/h4-11,18H,3H2,1-2H3,(H,17,19). The maximum absolute atomic E-state index is 12.3. The van der Waals surface area contributed by atoms with Crippen molar-refractivity contribution in [3.8, 4) is 0 Å². The Morgan fingerprint density at radius 2 is 1.68 bits per heavy atom. The van der Waals surface area contributed by atoms with Crippen LogP contribution in [0.15, 0.2) is 53.4 Å². The summed E-state index contributed by atoms with van der Waals surface area (Å²) in [5.41, 5.74) is 1.80. The lowest BCUT2D eigenvalue weighted by Gasteiger charge is -2.10. The quantitative estimate of drug-likeness (QED) is 0.889. The van der Waals surface area contributed by atoms with Gasteiger partial charge in [-0.1, -0.05) is 18.2 Å². The number of anilines is 1. The van der Waals surface area contributed by atoms with E-state index in [4.69, 9.17) is 0 Å². The molecule has 116 valence electrons. The topological polar surface area (TPSA) is 75.3 Å². The predicted molar refractivity (Wildman–Crippen MR) is 86.4 cm³/mol. The molecule has 5 nitrogen and oxygen atoms in total. The molecule has 0 aliphatic rings. The Hall–Kier alpha value is -2.34. The molecular weight excluding hydrogens is 300 g/mol. The molecule has 0 bridgehead atoms. The van der Waals surface area contributed by atoms with Crippen LogP contribution in [-0.4, -0.2) is 20.9 Å². The summed E-state index contributed by atoms with van der Waals surface area (Å²) in [5, 5.41) is 2.66. The van der Waals surface area contributed by atoms with Crippen LogP contribution in [0.3, 0.4) is 0 Å². The van der Waals surface area contributed by atoms with Crippen molar-refractivity contribution in [1.29, 1.82) is 0 Å². The second kappa shape index (κ2) is 6.62. The van der Waals surface area contributed by atoms with E-state index in [0.717, 1.165) is 5.56 Å². The first-order valence-electron chi connectivity index (χ1n) is 6.91. The Labute approximate surface area is 130 Å². The normalized spacial score (nSPS) is 11.0. The second-order valence-corrected chi connectivity index (χ2v) is 6.49. The van der Waals surface area contributed by atoms with Crippen LogP contribution < -0.4 is 10.0 Å². The van der Waals surface area contributed by atoms with Crippen molar-refractivity contribution in [1.82, 2.24) is 5.32 Å². The Balaban J connectivity index is 2.23. The number of amides is 1. The lowest BCUT2D eigenvalue weighted by atomic mass is 10.2. The summed E-state index contributed by atoms with van der Waals surface area (Å²) in [7, 11) is -3.67. The highest BCUT2D eigenvalue weighted by Crippen LogP contribution is 2.19. The Kier molecular flexibility index (Phi) is 4.82. The van der Waals surface area contributed by atoms with Crippen molar-refractivity contribution in [2.45, 2.75) is 18.7 Å². The highest BCUT2D eigenvalue weighted by Gasteiger charge is 2.15. The van der Waals surface area contributed by atoms with E-state index < -0.39 is 10.0 Å². The molecule has 0 spiro atoms. The maximum Gasteiger partial charge on any atom is 0.261 e. The van der Waals surface area contributed by atoms with E-state index in [1.54, 1.807) is 12.1 Å². The average Bonchev–Trinajstić information content (AvgIpc) is 2.50.